The van der Waals surface area contributed by atoms with Gasteiger partial charge in [-0.25, -0.2) is 4.39 Å². The minimum atomic E-state index is -0.472. The van der Waals surface area contributed by atoms with E-state index in [-0.39, 0.29) is 29.9 Å². The van der Waals surface area contributed by atoms with E-state index in [4.69, 9.17) is 5.73 Å². The van der Waals surface area contributed by atoms with Gasteiger partial charge in [-0.05, 0) is 43.2 Å². The van der Waals surface area contributed by atoms with Crippen LogP contribution in [0, 0.1) is 12.7 Å². The van der Waals surface area contributed by atoms with Crippen LogP contribution in [0.1, 0.15) is 51.8 Å². The predicted octanol–water partition coefficient (Wildman–Crippen LogP) is 4.12. The number of unbranched alkanes of at least 4 members (excludes halogenated alkanes) is 1. The lowest BCUT2D eigenvalue weighted by Gasteiger charge is -2.16. The Morgan fingerprint density at radius 3 is 2.63 bits per heavy atom. The maximum Gasteiger partial charge on any atom is 0.261 e. The molecule has 1 unspecified atom stereocenters. The molecule has 0 aliphatic carbocycles. The molecular weight excluding hydrogens is 389 g/mol. The number of thiophene rings is 1. The van der Waals surface area contributed by atoms with Crippen molar-refractivity contribution in [1.29, 1.82) is 0 Å². The molecule has 1 aromatic heterocycles. The average Bonchev–Trinajstić information content (AvgIpc) is 2.98. The summed E-state index contributed by atoms with van der Waals surface area (Å²) in [6, 6.07) is 7.14. The number of carbonyl (C=O) groups is 2. The van der Waals surface area contributed by atoms with Gasteiger partial charge in [0.1, 0.15) is 5.82 Å². The van der Waals surface area contributed by atoms with Gasteiger partial charge in [0.2, 0.25) is 0 Å². The fraction of sp³-hybridized carbons (Fsp3) is 0.368. The molecule has 5 nitrogen and oxygen atoms in total. The molecule has 0 bridgehead atoms. The molecule has 1 heterocycles. The zero-order valence-electron chi connectivity index (χ0n) is 15.4. The second-order valence-corrected chi connectivity index (χ2v) is 7.19. The van der Waals surface area contributed by atoms with E-state index >= 15 is 0 Å². The van der Waals surface area contributed by atoms with Crippen molar-refractivity contribution < 1.29 is 14.0 Å². The summed E-state index contributed by atoms with van der Waals surface area (Å²) in [5.41, 5.74) is 6.72. The van der Waals surface area contributed by atoms with Crippen LogP contribution in [0.25, 0.3) is 0 Å². The molecule has 8 heteroatoms. The smallest absolute Gasteiger partial charge is 0.261 e. The highest BCUT2D eigenvalue weighted by atomic mass is 35.5. The van der Waals surface area contributed by atoms with Crippen LogP contribution in [0.2, 0.25) is 0 Å². The molecule has 0 spiro atoms. The monoisotopic (exact) mass is 413 g/mol. The summed E-state index contributed by atoms with van der Waals surface area (Å²) in [6.07, 6.45) is 2.88. The number of carbonyl (C=O) groups excluding carboxylic acids is 2. The van der Waals surface area contributed by atoms with Gasteiger partial charge in [-0.15, -0.1) is 23.7 Å². The lowest BCUT2D eigenvalue weighted by atomic mass is 10.1. The Bertz CT molecular complexity index is 782. The van der Waals surface area contributed by atoms with E-state index in [1.165, 1.54) is 35.6 Å². The number of hydrogen-bond donors (Lipinski definition) is 3. The van der Waals surface area contributed by atoms with E-state index in [2.05, 4.69) is 17.6 Å². The predicted molar refractivity (Wildman–Crippen MR) is 110 cm³/mol. The zero-order valence-corrected chi connectivity index (χ0v) is 17.0. The van der Waals surface area contributed by atoms with Gasteiger partial charge in [0.05, 0.1) is 9.88 Å². The quantitative estimate of drug-likeness (QED) is 0.608. The SMILES string of the molecule is CCCCC(CN)NC(=O)c1sc(NC(=O)c2cccc(F)c2)cc1C.Cl. The molecule has 0 fully saturated rings. The summed E-state index contributed by atoms with van der Waals surface area (Å²) in [6.45, 7) is 4.29. The molecule has 0 radical (unpaired) electrons. The van der Waals surface area contributed by atoms with Crippen LogP contribution in [0.3, 0.4) is 0 Å². The van der Waals surface area contributed by atoms with Gasteiger partial charge < -0.3 is 16.4 Å². The van der Waals surface area contributed by atoms with Crippen LogP contribution in [0.15, 0.2) is 30.3 Å². The molecule has 0 aliphatic heterocycles. The van der Waals surface area contributed by atoms with Crippen molar-refractivity contribution in [3.8, 4) is 0 Å². The van der Waals surface area contributed by atoms with Gasteiger partial charge >= 0.3 is 0 Å². The molecule has 148 valence electrons. The number of halogens is 2. The normalized spacial score (nSPS) is 11.4. The summed E-state index contributed by atoms with van der Waals surface area (Å²) in [7, 11) is 0. The molecule has 2 aromatic rings. The second-order valence-electron chi connectivity index (χ2n) is 6.14. The largest absolute Gasteiger partial charge is 0.347 e. The van der Waals surface area contributed by atoms with E-state index in [1.54, 1.807) is 6.07 Å². The Hall–Kier alpha value is -1.96. The van der Waals surface area contributed by atoms with Crippen molar-refractivity contribution in [1.82, 2.24) is 5.32 Å². The summed E-state index contributed by atoms with van der Waals surface area (Å²) in [4.78, 5) is 25.2. The molecule has 0 saturated carbocycles. The Balaban J connectivity index is 0.00000364. The number of aryl methyl sites for hydroxylation is 1. The average molecular weight is 414 g/mol. The van der Waals surface area contributed by atoms with Gasteiger partial charge in [0.15, 0.2) is 0 Å². The third-order valence-electron chi connectivity index (χ3n) is 3.97. The third-order valence-corrected chi connectivity index (χ3v) is 5.12. The summed E-state index contributed by atoms with van der Waals surface area (Å²) >= 11 is 1.19. The Kier molecular flexibility index (Phi) is 9.41. The first-order valence-corrected chi connectivity index (χ1v) is 9.44. The molecule has 1 aromatic carbocycles. The van der Waals surface area contributed by atoms with Crippen LogP contribution in [-0.4, -0.2) is 24.4 Å². The Morgan fingerprint density at radius 1 is 1.26 bits per heavy atom. The Labute approximate surface area is 168 Å². The van der Waals surface area contributed by atoms with Gasteiger partial charge in [-0.1, -0.05) is 25.8 Å². The highest BCUT2D eigenvalue weighted by molar-refractivity contribution is 7.18. The molecular formula is C19H25ClFN3O2S. The number of nitrogens with one attached hydrogen (secondary N) is 2. The van der Waals surface area contributed by atoms with Crippen LogP contribution in [0.5, 0.6) is 0 Å². The molecule has 1 atom stereocenters. The Morgan fingerprint density at radius 2 is 2.00 bits per heavy atom. The van der Waals surface area contributed by atoms with E-state index in [9.17, 15) is 14.0 Å². The number of rotatable bonds is 8. The summed E-state index contributed by atoms with van der Waals surface area (Å²) < 4.78 is 13.2. The highest BCUT2D eigenvalue weighted by Crippen LogP contribution is 2.27. The summed E-state index contributed by atoms with van der Waals surface area (Å²) in [5.74, 6) is -1.08. The number of hydrogen-bond acceptors (Lipinski definition) is 4. The van der Waals surface area contributed by atoms with Crippen molar-refractivity contribution in [3.05, 3.63) is 52.2 Å². The molecule has 2 amide bonds. The van der Waals surface area contributed by atoms with E-state index in [1.807, 2.05) is 6.92 Å². The van der Waals surface area contributed by atoms with Gasteiger partial charge in [0.25, 0.3) is 11.8 Å². The molecule has 27 heavy (non-hydrogen) atoms. The van der Waals surface area contributed by atoms with Crippen molar-refractivity contribution in [2.75, 3.05) is 11.9 Å². The van der Waals surface area contributed by atoms with Crippen LogP contribution < -0.4 is 16.4 Å². The van der Waals surface area contributed by atoms with Crippen molar-refractivity contribution >= 4 is 40.6 Å². The number of benzene rings is 1. The van der Waals surface area contributed by atoms with Gasteiger partial charge in [0, 0.05) is 18.2 Å². The highest BCUT2D eigenvalue weighted by Gasteiger charge is 2.18. The minimum Gasteiger partial charge on any atom is -0.347 e. The van der Waals surface area contributed by atoms with E-state index in [0.717, 1.165) is 24.8 Å². The zero-order chi connectivity index (χ0) is 19.1. The minimum absolute atomic E-state index is 0. The maximum absolute atomic E-state index is 13.2. The first-order chi connectivity index (χ1) is 12.4. The van der Waals surface area contributed by atoms with Crippen LogP contribution >= 0.6 is 23.7 Å². The van der Waals surface area contributed by atoms with Crippen molar-refractivity contribution in [2.24, 2.45) is 5.73 Å². The fourth-order valence-electron chi connectivity index (χ4n) is 2.53. The molecule has 0 aliphatic rings. The first kappa shape index (κ1) is 23.1. The fourth-order valence-corrected chi connectivity index (χ4v) is 3.50. The van der Waals surface area contributed by atoms with Crippen molar-refractivity contribution in [3.63, 3.8) is 0 Å². The molecule has 0 saturated heterocycles. The molecule has 2 rings (SSSR count). The topological polar surface area (TPSA) is 84.2 Å². The molecule has 4 N–H and O–H groups in total. The standard InChI is InChI=1S/C19H24FN3O2S.ClH/c1-3-4-8-15(11-21)22-19(25)17-12(2)9-16(26-17)23-18(24)13-6-5-7-14(20)10-13;/h5-7,9-10,15H,3-4,8,11,21H2,1-2H3,(H,22,25)(H,23,24);1H. The number of anilines is 1. The number of nitrogens with two attached hydrogens (primary N) is 1. The second kappa shape index (κ2) is 11.0. The lowest BCUT2D eigenvalue weighted by molar-refractivity contribution is 0.0938. The maximum atomic E-state index is 13.2. The van der Waals surface area contributed by atoms with Crippen molar-refractivity contribution in [2.45, 2.75) is 39.2 Å². The van der Waals surface area contributed by atoms with Gasteiger partial charge in [-0.2, -0.15) is 0 Å². The van der Waals surface area contributed by atoms with E-state index in [0.29, 0.717) is 16.4 Å². The third kappa shape index (κ3) is 6.61. The van der Waals surface area contributed by atoms with E-state index < -0.39 is 11.7 Å². The van der Waals surface area contributed by atoms with Crippen LogP contribution in [-0.2, 0) is 0 Å². The van der Waals surface area contributed by atoms with Crippen LogP contribution in [0.4, 0.5) is 9.39 Å². The first-order valence-electron chi connectivity index (χ1n) is 8.62. The van der Waals surface area contributed by atoms with Gasteiger partial charge in [-0.3, -0.25) is 9.59 Å². The lowest BCUT2D eigenvalue weighted by Crippen LogP contribution is -2.40. The number of amides is 2. The summed E-state index contributed by atoms with van der Waals surface area (Å²) in [5, 5.41) is 6.20.